The van der Waals surface area contributed by atoms with Gasteiger partial charge in [0.2, 0.25) is 0 Å². The Morgan fingerprint density at radius 2 is 1.50 bits per heavy atom. The van der Waals surface area contributed by atoms with Crippen LogP contribution in [0.2, 0.25) is 0 Å². The van der Waals surface area contributed by atoms with Crippen LogP contribution in [0.15, 0.2) is 66.7 Å². The maximum absolute atomic E-state index is 12.9. The summed E-state index contributed by atoms with van der Waals surface area (Å²) < 4.78 is 11.0. The van der Waals surface area contributed by atoms with Crippen molar-refractivity contribution in [3.8, 4) is 0 Å². The van der Waals surface area contributed by atoms with E-state index in [1.54, 1.807) is 20.8 Å². The Bertz CT molecular complexity index is 1010. The smallest absolute Gasteiger partial charge is 0.339 e. The molecule has 3 aromatic carbocycles. The van der Waals surface area contributed by atoms with Crippen LogP contribution in [0.3, 0.4) is 0 Å². The Kier molecular flexibility index (Phi) is 5.50. The molecule has 0 aliphatic carbocycles. The minimum atomic E-state index is -0.753. The van der Waals surface area contributed by atoms with Crippen molar-refractivity contribution in [3.05, 3.63) is 72.3 Å². The normalized spacial score (nSPS) is 11.4. The Morgan fingerprint density at radius 1 is 0.964 bits per heavy atom. The summed E-state index contributed by atoms with van der Waals surface area (Å²) >= 11 is 0. The first-order chi connectivity index (χ1) is 13.3. The van der Waals surface area contributed by atoms with Crippen LogP contribution in [0.25, 0.3) is 21.5 Å². The molecule has 0 amide bonds. The van der Waals surface area contributed by atoms with Gasteiger partial charge in [0.1, 0.15) is 5.60 Å². The van der Waals surface area contributed by atoms with E-state index >= 15 is 0 Å². The van der Waals surface area contributed by atoms with E-state index in [1.807, 2.05) is 48.5 Å². The topological polar surface area (TPSA) is 52.6 Å². The molecule has 28 heavy (non-hydrogen) atoms. The third kappa shape index (κ3) is 4.22. The summed E-state index contributed by atoms with van der Waals surface area (Å²) in [6.45, 7) is 8.91. The zero-order valence-corrected chi connectivity index (χ0v) is 16.5. The molecule has 0 fully saturated rings. The first-order valence-corrected chi connectivity index (χ1v) is 9.25. The Balaban J connectivity index is 1.81. The lowest BCUT2D eigenvalue weighted by Crippen LogP contribution is -2.30. The second-order valence-electron chi connectivity index (χ2n) is 7.51. The number of ether oxygens (including phenoxy) is 2. The quantitative estimate of drug-likeness (QED) is 0.327. The van der Waals surface area contributed by atoms with E-state index in [0.717, 1.165) is 21.5 Å². The number of hydrogen-bond acceptors (Lipinski definition) is 4. The first-order valence-electron chi connectivity index (χ1n) is 9.25. The Hall–Kier alpha value is -3.14. The number of esters is 2. The maximum atomic E-state index is 12.9. The molecule has 0 atom stereocenters. The monoisotopic (exact) mass is 376 g/mol. The highest BCUT2D eigenvalue weighted by molar-refractivity contribution is 6.16. The molecule has 3 aromatic rings. The van der Waals surface area contributed by atoms with Crippen molar-refractivity contribution in [1.29, 1.82) is 0 Å². The van der Waals surface area contributed by atoms with Crippen LogP contribution in [0.4, 0.5) is 0 Å². The molecular weight excluding hydrogens is 352 g/mol. The summed E-state index contributed by atoms with van der Waals surface area (Å²) in [6, 6.07) is 17.6. The number of carbonyl (C=O) groups excluding carboxylic acids is 2. The summed E-state index contributed by atoms with van der Waals surface area (Å²) in [5.41, 5.74) is 0.148. The third-order valence-corrected chi connectivity index (χ3v) is 4.63. The van der Waals surface area contributed by atoms with Crippen molar-refractivity contribution in [3.63, 3.8) is 0 Å². The van der Waals surface area contributed by atoms with Gasteiger partial charge in [0.15, 0.2) is 0 Å². The third-order valence-electron chi connectivity index (χ3n) is 4.63. The second-order valence-corrected chi connectivity index (χ2v) is 7.51. The Morgan fingerprint density at radius 3 is 2.04 bits per heavy atom. The van der Waals surface area contributed by atoms with Gasteiger partial charge in [0.25, 0.3) is 0 Å². The lowest BCUT2D eigenvalue weighted by atomic mass is 9.97. The fourth-order valence-corrected chi connectivity index (χ4v) is 3.08. The second kappa shape index (κ2) is 7.85. The fraction of sp³-hybridized carbons (Fsp3) is 0.250. The highest BCUT2D eigenvalue weighted by Gasteiger charge is 2.24. The Labute approximate surface area is 164 Å². The molecule has 0 saturated heterocycles. The molecule has 0 radical (unpaired) electrons. The molecular formula is C24H24O4. The molecule has 0 aliphatic heterocycles. The van der Waals surface area contributed by atoms with Gasteiger partial charge >= 0.3 is 11.9 Å². The van der Waals surface area contributed by atoms with Crippen molar-refractivity contribution in [2.24, 2.45) is 0 Å². The molecule has 0 aromatic heterocycles. The maximum Gasteiger partial charge on any atom is 0.339 e. The predicted octanol–water partition coefficient (Wildman–Crippen LogP) is 5.44. The van der Waals surface area contributed by atoms with E-state index in [-0.39, 0.29) is 12.6 Å². The minimum absolute atomic E-state index is 0.146. The van der Waals surface area contributed by atoms with Crippen LogP contribution in [0, 0.1) is 0 Å². The van der Waals surface area contributed by atoms with Crippen LogP contribution in [-0.2, 0) is 14.3 Å². The zero-order valence-electron chi connectivity index (χ0n) is 16.5. The van der Waals surface area contributed by atoms with E-state index in [1.165, 1.54) is 0 Å². The standard InChI is InChI=1S/C24H24O4/c1-16(2)22(25)28-24(3,4)13-14-27-23(26)21-19-11-7-5-9-17(19)15-18-10-6-8-12-20(18)21/h5-12,15H,1,13-14H2,2-4H3. The van der Waals surface area contributed by atoms with Crippen molar-refractivity contribution >= 4 is 33.5 Å². The molecule has 0 saturated carbocycles. The highest BCUT2D eigenvalue weighted by Crippen LogP contribution is 2.29. The number of fused-ring (bicyclic) bond motifs is 2. The van der Waals surface area contributed by atoms with Gasteiger partial charge in [0.05, 0.1) is 12.2 Å². The molecule has 0 aliphatic rings. The van der Waals surface area contributed by atoms with Crippen molar-refractivity contribution in [1.82, 2.24) is 0 Å². The molecule has 0 spiro atoms. The van der Waals surface area contributed by atoms with Gasteiger partial charge in [-0.05, 0) is 48.4 Å². The molecule has 144 valence electrons. The van der Waals surface area contributed by atoms with Gasteiger partial charge in [-0.1, -0.05) is 55.1 Å². The first kappa shape index (κ1) is 19.6. The van der Waals surface area contributed by atoms with E-state index in [9.17, 15) is 9.59 Å². The van der Waals surface area contributed by atoms with E-state index in [0.29, 0.717) is 17.6 Å². The molecule has 0 bridgehead atoms. The van der Waals surface area contributed by atoms with Gasteiger partial charge in [-0.2, -0.15) is 0 Å². The zero-order chi connectivity index (χ0) is 20.3. The van der Waals surface area contributed by atoms with E-state index < -0.39 is 11.6 Å². The largest absolute Gasteiger partial charge is 0.462 e. The predicted molar refractivity (Wildman–Crippen MR) is 111 cm³/mol. The highest BCUT2D eigenvalue weighted by atomic mass is 16.6. The molecule has 4 nitrogen and oxygen atoms in total. The van der Waals surface area contributed by atoms with Crippen LogP contribution in [0.1, 0.15) is 37.6 Å². The van der Waals surface area contributed by atoms with E-state index in [2.05, 4.69) is 12.6 Å². The molecule has 0 N–H and O–H groups in total. The summed E-state index contributed by atoms with van der Waals surface area (Å²) in [4.78, 5) is 24.7. The summed E-state index contributed by atoms with van der Waals surface area (Å²) in [6.07, 6.45) is 0.389. The van der Waals surface area contributed by atoms with Crippen molar-refractivity contribution in [2.75, 3.05) is 6.61 Å². The average Bonchev–Trinajstić information content (AvgIpc) is 2.65. The van der Waals surface area contributed by atoms with Crippen molar-refractivity contribution in [2.45, 2.75) is 32.8 Å². The summed E-state index contributed by atoms with van der Waals surface area (Å²) in [5, 5.41) is 3.70. The summed E-state index contributed by atoms with van der Waals surface area (Å²) in [5.74, 6) is -0.827. The van der Waals surface area contributed by atoms with Crippen LogP contribution in [0.5, 0.6) is 0 Å². The molecule has 4 heteroatoms. The van der Waals surface area contributed by atoms with E-state index in [4.69, 9.17) is 9.47 Å². The number of rotatable bonds is 6. The molecule has 0 unspecified atom stereocenters. The van der Waals surface area contributed by atoms with Gasteiger partial charge in [0, 0.05) is 12.0 Å². The molecule has 0 heterocycles. The average molecular weight is 376 g/mol. The lowest BCUT2D eigenvalue weighted by Gasteiger charge is -2.25. The summed E-state index contributed by atoms with van der Waals surface area (Å²) in [7, 11) is 0. The number of benzene rings is 3. The van der Waals surface area contributed by atoms with Crippen molar-refractivity contribution < 1.29 is 19.1 Å². The van der Waals surface area contributed by atoms with Gasteiger partial charge < -0.3 is 9.47 Å². The fourth-order valence-electron chi connectivity index (χ4n) is 3.08. The number of carbonyl (C=O) groups is 2. The van der Waals surface area contributed by atoms with Gasteiger partial charge in [-0.25, -0.2) is 9.59 Å². The van der Waals surface area contributed by atoms with Crippen LogP contribution in [-0.4, -0.2) is 24.1 Å². The van der Waals surface area contributed by atoms with Gasteiger partial charge in [-0.3, -0.25) is 0 Å². The van der Waals surface area contributed by atoms with Crippen LogP contribution >= 0.6 is 0 Å². The van der Waals surface area contributed by atoms with Gasteiger partial charge in [-0.15, -0.1) is 0 Å². The molecule has 3 rings (SSSR count). The minimum Gasteiger partial charge on any atom is -0.462 e. The number of hydrogen-bond donors (Lipinski definition) is 0. The SMILES string of the molecule is C=C(C)C(=O)OC(C)(C)CCOC(=O)c1c2ccccc2cc2ccccc12. The van der Waals surface area contributed by atoms with Crippen LogP contribution < -0.4 is 0 Å². The lowest BCUT2D eigenvalue weighted by molar-refractivity contribution is -0.152.